The number of carbonyl (C=O) groups excluding carboxylic acids is 2. The number of carbonyl (C=O) groups is 2. The number of hydrogen-bond donors (Lipinski definition) is 1. The summed E-state index contributed by atoms with van der Waals surface area (Å²) in [5.41, 5.74) is 0. The Morgan fingerprint density at radius 3 is 2.60 bits per heavy atom. The lowest BCUT2D eigenvalue weighted by Crippen LogP contribution is -2.50. The monoisotopic (exact) mass is 363 g/mol. The second-order valence-electron chi connectivity index (χ2n) is 7.15. The van der Waals surface area contributed by atoms with E-state index in [1.165, 1.54) is 37.0 Å². The molecule has 2 heterocycles. The van der Waals surface area contributed by atoms with Gasteiger partial charge in [0.1, 0.15) is 0 Å². The Labute approximate surface area is 154 Å². The van der Waals surface area contributed by atoms with Crippen molar-refractivity contribution < 1.29 is 9.59 Å². The van der Waals surface area contributed by atoms with Crippen molar-refractivity contribution in [3.63, 3.8) is 0 Å². The van der Waals surface area contributed by atoms with Crippen LogP contribution in [0.25, 0.3) is 0 Å². The van der Waals surface area contributed by atoms with E-state index < -0.39 is 0 Å². The molecule has 0 spiro atoms. The molecule has 138 valence electrons. The lowest BCUT2D eigenvalue weighted by Gasteiger charge is -2.34. The minimum Gasteiger partial charge on any atom is -0.355 e. The van der Waals surface area contributed by atoms with Gasteiger partial charge in [-0.1, -0.05) is 31.7 Å². The Kier molecular flexibility index (Phi) is 6.87. The minimum absolute atomic E-state index is 0.148. The molecule has 0 bridgehead atoms. The summed E-state index contributed by atoms with van der Waals surface area (Å²) < 4.78 is 0. The van der Waals surface area contributed by atoms with Crippen molar-refractivity contribution in [2.24, 2.45) is 5.92 Å². The van der Waals surface area contributed by atoms with Crippen molar-refractivity contribution in [2.75, 3.05) is 39.3 Å². The second kappa shape index (κ2) is 9.34. The first-order valence-corrected chi connectivity index (χ1v) is 10.4. The van der Waals surface area contributed by atoms with Crippen molar-refractivity contribution in [2.45, 2.75) is 38.5 Å². The average molecular weight is 364 g/mol. The van der Waals surface area contributed by atoms with Crippen LogP contribution in [0.2, 0.25) is 0 Å². The van der Waals surface area contributed by atoms with Crippen LogP contribution in [0.5, 0.6) is 0 Å². The van der Waals surface area contributed by atoms with Gasteiger partial charge in [0.2, 0.25) is 5.91 Å². The molecular formula is C19H29N3O2S. The quantitative estimate of drug-likeness (QED) is 0.810. The number of thiophene rings is 1. The van der Waals surface area contributed by atoms with Crippen LogP contribution in [0.15, 0.2) is 17.5 Å². The molecule has 1 saturated carbocycles. The molecule has 1 aliphatic heterocycles. The third-order valence-electron chi connectivity index (χ3n) is 5.40. The lowest BCUT2D eigenvalue weighted by molar-refractivity contribution is -0.121. The van der Waals surface area contributed by atoms with Gasteiger partial charge in [-0.25, -0.2) is 0 Å². The van der Waals surface area contributed by atoms with Crippen molar-refractivity contribution in [3.05, 3.63) is 22.4 Å². The number of nitrogens with zero attached hydrogens (tertiary/aromatic N) is 2. The zero-order valence-corrected chi connectivity index (χ0v) is 15.7. The molecule has 2 aliphatic rings. The summed E-state index contributed by atoms with van der Waals surface area (Å²) in [7, 11) is 0. The Bertz CT molecular complexity index is 547. The molecule has 1 saturated heterocycles. The molecule has 2 fully saturated rings. The van der Waals surface area contributed by atoms with Crippen LogP contribution in [-0.2, 0) is 4.79 Å². The molecule has 2 amide bonds. The average Bonchev–Trinajstić information content (AvgIpc) is 3.34. The van der Waals surface area contributed by atoms with Gasteiger partial charge in [-0.3, -0.25) is 14.5 Å². The Morgan fingerprint density at radius 2 is 1.92 bits per heavy atom. The maximum atomic E-state index is 12.3. The van der Waals surface area contributed by atoms with Gasteiger partial charge in [0, 0.05) is 45.7 Å². The van der Waals surface area contributed by atoms with Crippen LogP contribution >= 0.6 is 11.3 Å². The molecule has 3 rings (SSSR count). The Balaban J connectivity index is 1.27. The highest BCUT2D eigenvalue weighted by Gasteiger charge is 2.22. The number of hydrogen-bond acceptors (Lipinski definition) is 4. The second-order valence-corrected chi connectivity index (χ2v) is 8.10. The van der Waals surface area contributed by atoms with Crippen molar-refractivity contribution in [3.8, 4) is 0 Å². The summed E-state index contributed by atoms with van der Waals surface area (Å²) >= 11 is 1.50. The maximum absolute atomic E-state index is 12.3. The van der Waals surface area contributed by atoms with E-state index in [2.05, 4.69) is 10.2 Å². The van der Waals surface area contributed by atoms with E-state index in [4.69, 9.17) is 0 Å². The van der Waals surface area contributed by atoms with Crippen molar-refractivity contribution in [1.29, 1.82) is 0 Å². The Morgan fingerprint density at radius 1 is 1.16 bits per heavy atom. The van der Waals surface area contributed by atoms with Crippen molar-refractivity contribution >= 4 is 23.2 Å². The third-order valence-corrected chi connectivity index (χ3v) is 6.25. The molecule has 1 N–H and O–H groups in total. The fraction of sp³-hybridized carbons (Fsp3) is 0.684. The van der Waals surface area contributed by atoms with Crippen LogP contribution in [0.4, 0.5) is 0 Å². The molecule has 25 heavy (non-hydrogen) atoms. The topological polar surface area (TPSA) is 52.7 Å². The SMILES string of the molecule is O=C(CCC1CCCC1)NCCN1CCN(C(=O)c2cccs2)CC1. The number of piperazine rings is 1. The van der Waals surface area contributed by atoms with Gasteiger partial charge in [-0.05, 0) is 23.8 Å². The smallest absolute Gasteiger partial charge is 0.264 e. The van der Waals surface area contributed by atoms with Crippen LogP contribution in [0.1, 0.15) is 48.2 Å². The fourth-order valence-corrected chi connectivity index (χ4v) is 4.50. The number of nitrogens with one attached hydrogen (secondary N) is 1. The van der Waals surface area contributed by atoms with Crippen molar-refractivity contribution in [1.82, 2.24) is 15.1 Å². The summed E-state index contributed by atoms with van der Waals surface area (Å²) in [5, 5.41) is 4.99. The molecule has 0 atom stereocenters. The number of amides is 2. The predicted octanol–water partition coefficient (Wildman–Crippen LogP) is 2.59. The zero-order chi connectivity index (χ0) is 17.5. The highest BCUT2D eigenvalue weighted by atomic mass is 32.1. The summed E-state index contributed by atoms with van der Waals surface area (Å²) in [6, 6.07) is 3.81. The van der Waals surface area contributed by atoms with E-state index in [1.807, 2.05) is 22.4 Å². The van der Waals surface area contributed by atoms with Gasteiger partial charge in [-0.2, -0.15) is 0 Å². The molecule has 0 aromatic carbocycles. The van der Waals surface area contributed by atoms with E-state index in [9.17, 15) is 9.59 Å². The third kappa shape index (κ3) is 5.54. The number of rotatable bonds is 7. The maximum Gasteiger partial charge on any atom is 0.264 e. The zero-order valence-electron chi connectivity index (χ0n) is 14.9. The normalized spacial score (nSPS) is 19.3. The summed E-state index contributed by atoms with van der Waals surface area (Å²) in [4.78, 5) is 29.3. The molecule has 0 unspecified atom stereocenters. The Hall–Kier alpha value is -1.40. The first-order chi connectivity index (χ1) is 12.2. The van der Waals surface area contributed by atoms with Gasteiger partial charge in [-0.15, -0.1) is 11.3 Å². The molecule has 1 aromatic heterocycles. The van der Waals surface area contributed by atoms with Gasteiger partial charge in [0.25, 0.3) is 5.91 Å². The molecule has 0 radical (unpaired) electrons. The van der Waals surface area contributed by atoms with Gasteiger partial charge < -0.3 is 10.2 Å². The van der Waals surface area contributed by atoms with E-state index in [0.29, 0.717) is 13.0 Å². The van der Waals surface area contributed by atoms with E-state index in [1.54, 1.807) is 0 Å². The summed E-state index contributed by atoms with van der Waals surface area (Å²) in [6.45, 7) is 4.89. The lowest BCUT2D eigenvalue weighted by atomic mass is 10.0. The first kappa shape index (κ1) is 18.4. The molecule has 1 aliphatic carbocycles. The van der Waals surface area contributed by atoms with Gasteiger partial charge in [0.15, 0.2) is 0 Å². The van der Waals surface area contributed by atoms with E-state index in [-0.39, 0.29) is 11.8 Å². The predicted molar refractivity (Wildman–Crippen MR) is 101 cm³/mol. The van der Waals surface area contributed by atoms with Crippen LogP contribution in [-0.4, -0.2) is 60.9 Å². The largest absolute Gasteiger partial charge is 0.355 e. The highest BCUT2D eigenvalue weighted by Crippen LogP contribution is 2.28. The van der Waals surface area contributed by atoms with Gasteiger partial charge in [0.05, 0.1) is 4.88 Å². The van der Waals surface area contributed by atoms with Crippen LogP contribution in [0, 0.1) is 5.92 Å². The van der Waals surface area contributed by atoms with E-state index in [0.717, 1.165) is 49.9 Å². The molecule has 5 nitrogen and oxygen atoms in total. The molecular weight excluding hydrogens is 334 g/mol. The first-order valence-electron chi connectivity index (χ1n) is 9.54. The fourth-order valence-electron chi connectivity index (χ4n) is 3.81. The molecule has 6 heteroatoms. The standard InChI is InChI=1S/C19H29N3O2S/c23-18(8-7-16-4-1-2-5-16)20-9-10-21-11-13-22(14-12-21)19(24)17-6-3-15-25-17/h3,6,15-16H,1-2,4-5,7-14H2,(H,20,23). The minimum atomic E-state index is 0.148. The molecule has 1 aromatic rings. The van der Waals surface area contributed by atoms with E-state index >= 15 is 0 Å². The van der Waals surface area contributed by atoms with Crippen LogP contribution < -0.4 is 5.32 Å². The summed E-state index contributed by atoms with van der Waals surface area (Å²) in [6.07, 6.45) is 7.02. The summed E-state index contributed by atoms with van der Waals surface area (Å²) in [5.74, 6) is 1.12. The highest BCUT2D eigenvalue weighted by molar-refractivity contribution is 7.12. The van der Waals surface area contributed by atoms with Gasteiger partial charge >= 0.3 is 0 Å². The van der Waals surface area contributed by atoms with Crippen LogP contribution in [0.3, 0.4) is 0 Å².